The van der Waals surface area contributed by atoms with Crippen LogP contribution in [0.2, 0.25) is 0 Å². The first kappa shape index (κ1) is 10.1. The molecule has 0 radical (unpaired) electrons. The predicted octanol–water partition coefficient (Wildman–Crippen LogP) is 0.0137. The summed E-state index contributed by atoms with van der Waals surface area (Å²) in [6.07, 6.45) is 1.21. The molecule has 2 aliphatic heterocycles. The number of piperidine rings is 1. The van der Waals surface area contributed by atoms with Gasteiger partial charge in [0.05, 0.1) is 0 Å². The van der Waals surface area contributed by atoms with Crippen LogP contribution in [-0.4, -0.2) is 17.7 Å². The molecule has 4 nitrogen and oxygen atoms in total. The van der Waals surface area contributed by atoms with Crippen LogP contribution in [0.4, 0.5) is 0 Å². The zero-order valence-electron chi connectivity index (χ0n) is 9.28. The van der Waals surface area contributed by atoms with Crippen molar-refractivity contribution in [3.05, 3.63) is 33.7 Å². The highest BCUT2D eigenvalue weighted by molar-refractivity contribution is 5.23. The predicted molar refractivity (Wildman–Crippen MR) is 62.3 cm³/mol. The summed E-state index contributed by atoms with van der Waals surface area (Å²) in [7, 11) is 0. The molecule has 1 unspecified atom stereocenters. The van der Waals surface area contributed by atoms with E-state index in [-0.39, 0.29) is 5.56 Å². The number of nitrogens with two attached hydrogens (primary N) is 1. The summed E-state index contributed by atoms with van der Waals surface area (Å²) in [5.41, 5.74) is 7.87. The van der Waals surface area contributed by atoms with Crippen LogP contribution in [0.5, 0.6) is 0 Å². The topological polar surface area (TPSA) is 60.0 Å². The van der Waals surface area contributed by atoms with E-state index in [9.17, 15) is 4.79 Å². The van der Waals surface area contributed by atoms with E-state index in [0.717, 1.165) is 25.2 Å². The molecular weight excluding hydrogens is 202 g/mol. The Hall–Kier alpha value is -1.13. The molecule has 1 saturated heterocycles. The van der Waals surface area contributed by atoms with Crippen LogP contribution < -0.4 is 16.6 Å². The Morgan fingerprint density at radius 1 is 1.44 bits per heavy atom. The van der Waals surface area contributed by atoms with Gasteiger partial charge in [-0.05, 0) is 30.5 Å². The maximum absolute atomic E-state index is 12.0. The summed E-state index contributed by atoms with van der Waals surface area (Å²) in [5, 5.41) is 3.44. The lowest BCUT2D eigenvalue weighted by molar-refractivity contribution is 0.257. The zero-order chi connectivity index (χ0) is 11.1. The monoisotopic (exact) mass is 219 g/mol. The van der Waals surface area contributed by atoms with Crippen LogP contribution in [-0.2, 0) is 13.1 Å². The number of fused-ring (bicyclic) bond motifs is 4. The summed E-state index contributed by atoms with van der Waals surface area (Å²) >= 11 is 0. The minimum absolute atomic E-state index is 0.120. The van der Waals surface area contributed by atoms with E-state index in [1.54, 1.807) is 6.07 Å². The number of hydrogen-bond acceptors (Lipinski definition) is 3. The number of aromatic nitrogens is 1. The number of rotatable bonds is 1. The molecule has 0 aromatic carbocycles. The molecule has 1 aromatic heterocycles. The van der Waals surface area contributed by atoms with E-state index < -0.39 is 0 Å². The van der Waals surface area contributed by atoms with Crippen molar-refractivity contribution < 1.29 is 0 Å². The molecule has 0 saturated carbocycles. The van der Waals surface area contributed by atoms with Gasteiger partial charge in [0.1, 0.15) is 0 Å². The van der Waals surface area contributed by atoms with Gasteiger partial charge in [0, 0.05) is 37.3 Å². The summed E-state index contributed by atoms with van der Waals surface area (Å²) in [4.78, 5) is 12.0. The first-order chi connectivity index (χ1) is 7.78. The number of nitrogens with zero attached hydrogens (tertiary/aromatic N) is 1. The molecule has 2 bridgehead atoms. The van der Waals surface area contributed by atoms with Gasteiger partial charge in [0.25, 0.3) is 5.56 Å². The van der Waals surface area contributed by atoms with Gasteiger partial charge in [-0.1, -0.05) is 0 Å². The van der Waals surface area contributed by atoms with Crippen LogP contribution in [0.3, 0.4) is 0 Å². The lowest BCUT2D eigenvalue weighted by Gasteiger charge is -2.37. The third-order valence-electron chi connectivity index (χ3n) is 3.76. The highest BCUT2D eigenvalue weighted by atomic mass is 16.1. The largest absolute Gasteiger partial charge is 0.326 e. The highest BCUT2D eigenvalue weighted by Crippen LogP contribution is 2.31. The lowest BCUT2D eigenvalue weighted by atomic mass is 9.84. The van der Waals surface area contributed by atoms with Crippen molar-refractivity contribution in [3.8, 4) is 0 Å². The molecule has 0 amide bonds. The number of pyridine rings is 1. The average molecular weight is 219 g/mol. The molecule has 0 spiro atoms. The maximum atomic E-state index is 12.0. The Morgan fingerprint density at radius 2 is 2.31 bits per heavy atom. The fourth-order valence-electron chi connectivity index (χ4n) is 2.98. The Kier molecular flexibility index (Phi) is 2.33. The molecule has 1 aromatic rings. The first-order valence-electron chi connectivity index (χ1n) is 5.92. The average Bonchev–Trinajstić information content (AvgIpc) is 2.31. The van der Waals surface area contributed by atoms with Crippen LogP contribution in [0.25, 0.3) is 0 Å². The SMILES string of the molecule is NCc1cc2n(c(=O)c1)CC1CNC[C@H]2C1. The molecule has 86 valence electrons. The van der Waals surface area contributed by atoms with Gasteiger partial charge in [-0.2, -0.15) is 0 Å². The maximum Gasteiger partial charge on any atom is 0.251 e. The van der Waals surface area contributed by atoms with E-state index in [4.69, 9.17) is 5.73 Å². The summed E-state index contributed by atoms with van der Waals surface area (Å²) in [5.74, 6) is 1.11. The Bertz CT molecular complexity index is 466. The molecule has 2 aliphatic rings. The summed E-state index contributed by atoms with van der Waals surface area (Å²) in [6, 6.07) is 3.78. The van der Waals surface area contributed by atoms with Crippen molar-refractivity contribution >= 4 is 0 Å². The summed E-state index contributed by atoms with van der Waals surface area (Å²) < 4.78 is 1.94. The van der Waals surface area contributed by atoms with Crippen molar-refractivity contribution in [3.63, 3.8) is 0 Å². The van der Waals surface area contributed by atoms with Gasteiger partial charge < -0.3 is 15.6 Å². The number of nitrogens with one attached hydrogen (secondary N) is 1. The van der Waals surface area contributed by atoms with E-state index in [1.807, 2.05) is 4.57 Å². The molecule has 2 atom stereocenters. The van der Waals surface area contributed by atoms with E-state index >= 15 is 0 Å². The van der Waals surface area contributed by atoms with Crippen LogP contribution in [0, 0.1) is 5.92 Å². The van der Waals surface area contributed by atoms with E-state index in [1.165, 1.54) is 12.1 Å². The second-order valence-corrected chi connectivity index (χ2v) is 4.90. The minimum Gasteiger partial charge on any atom is -0.326 e. The van der Waals surface area contributed by atoms with Crippen molar-refractivity contribution in [2.75, 3.05) is 13.1 Å². The fraction of sp³-hybridized carbons (Fsp3) is 0.583. The third-order valence-corrected chi connectivity index (χ3v) is 3.76. The fourth-order valence-corrected chi connectivity index (χ4v) is 2.98. The summed E-state index contributed by atoms with van der Waals surface area (Å²) in [6.45, 7) is 3.35. The molecule has 3 rings (SSSR count). The van der Waals surface area contributed by atoms with Gasteiger partial charge in [0.15, 0.2) is 0 Å². The molecule has 3 heterocycles. The Balaban J connectivity index is 2.13. The highest BCUT2D eigenvalue weighted by Gasteiger charge is 2.30. The second kappa shape index (κ2) is 3.71. The Morgan fingerprint density at radius 3 is 3.12 bits per heavy atom. The van der Waals surface area contributed by atoms with E-state index in [0.29, 0.717) is 18.4 Å². The van der Waals surface area contributed by atoms with Gasteiger partial charge in [-0.15, -0.1) is 0 Å². The quantitative estimate of drug-likeness (QED) is 0.699. The molecule has 0 aliphatic carbocycles. The van der Waals surface area contributed by atoms with Crippen molar-refractivity contribution in [2.45, 2.75) is 25.4 Å². The molecule has 4 heteroatoms. The van der Waals surface area contributed by atoms with Gasteiger partial charge in [-0.3, -0.25) is 4.79 Å². The molecule has 1 fully saturated rings. The van der Waals surface area contributed by atoms with Crippen molar-refractivity contribution in [1.29, 1.82) is 0 Å². The van der Waals surface area contributed by atoms with Gasteiger partial charge in [-0.25, -0.2) is 0 Å². The van der Waals surface area contributed by atoms with Crippen LogP contribution >= 0.6 is 0 Å². The van der Waals surface area contributed by atoms with Gasteiger partial charge in [0.2, 0.25) is 0 Å². The van der Waals surface area contributed by atoms with Gasteiger partial charge >= 0.3 is 0 Å². The molecular formula is C12H17N3O. The van der Waals surface area contributed by atoms with Crippen molar-refractivity contribution in [1.82, 2.24) is 9.88 Å². The first-order valence-corrected chi connectivity index (χ1v) is 5.92. The minimum atomic E-state index is 0.120. The standard InChI is InChI=1S/C12H17N3O/c13-4-8-2-11-10-1-9(5-14-6-10)7-15(11)12(16)3-8/h2-3,9-10,14H,1,4-7,13H2/t9?,10-/m1/s1. The molecule has 16 heavy (non-hydrogen) atoms. The second-order valence-electron chi connectivity index (χ2n) is 4.90. The zero-order valence-corrected chi connectivity index (χ0v) is 9.28. The van der Waals surface area contributed by atoms with Crippen LogP contribution in [0.1, 0.15) is 23.6 Å². The third kappa shape index (κ3) is 1.49. The normalized spacial score (nSPS) is 27.6. The smallest absolute Gasteiger partial charge is 0.251 e. The number of hydrogen-bond donors (Lipinski definition) is 2. The van der Waals surface area contributed by atoms with E-state index in [2.05, 4.69) is 11.4 Å². The Labute approximate surface area is 94.5 Å². The van der Waals surface area contributed by atoms with Crippen molar-refractivity contribution in [2.24, 2.45) is 11.7 Å². The lowest BCUT2D eigenvalue weighted by Crippen LogP contribution is -2.45. The van der Waals surface area contributed by atoms with Crippen LogP contribution in [0.15, 0.2) is 16.9 Å². The molecule has 3 N–H and O–H groups in total.